The van der Waals surface area contributed by atoms with E-state index in [1.807, 2.05) is 12.1 Å². The molecule has 0 amide bonds. The molecule has 0 aliphatic carbocycles. The van der Waals surface area contributed by atoms with Gasteiger partial charge in [-0.1, -0.05) is 12.1 Å². The lowest BCUT2D eigenvalue weighted by Gasteiger charge is -2.21. The average Bonchev–Trinajstić information content (AvgIpc) is 2.20. The van der Waals surface area contributed by atoms with Crippen LogP contribution in [0.4, 0.5) is 4.39 Å². The van der Waals surface area contributed by atoms with Crippen LogP contribution in [-0.2, 0) is 0 Å². The first-order valence-corrected chi connectivity index (χ1v) is 4.75. The van der Waals surface area contributed by atoms with E-state index in [1.54, 1.807) is 12.1 Å². The van der Waals surface area contributed by atoms with Gasteiger partial charge in [-0.25, -0.2) is 9.71 Å². The molecule has 0 bridgehead atoms. The van der Waals surface area contributed by atoms with Gasteiger partial charge in [0.1, 0.15) is 5.82 Å². The molecule has 1 aromatic carbocycles. The van der Waals surface area contributed by atoms with Gasteiger partial charge < -0.3 is 0 Å². The summed E-state index contributed by atoms with van der Waals surface area (Å²) in [5.41, 5.74) is 1.26. The van der Waals surface area contributed by atoms with Crippen molar-refractivity contribution in [3.8, 4) is 0 Å². The fourth-order valence-corrected chi connectivity index (χ4v) is 1.82. The van der Waals surface area contributed by atoms with Crippen LogP contribution in [0, 0.1) is 5.82 Å². The van der Waals surface area contributed by atoms with Gasteiger partial charge in [0.2, 0.25) is 0 Å². The van der Waals surface area contributed by atoms with Gasteiger partial charge in [0.05, 0.1) is 0 Å². The van der Waals surface area contributed by atoms with Gasteiger partial charge in [-0.3, -0.25) is 0 Å². The van der Waals surface area contributed by atoms with E-state index in [0.29, 0.717) is 5.92 Å². The van der Waals surface area contributed by atoms with Crippen molar-refractivity contribution in [3.05, 3.63) is 35.6 Å². The molecular weight excluding hydrogens is 165 g/mol. The van der Waals surface area contributed by atoms with Crippen molar-refractivity contribution in [3.63, 3.8) is 0 Å². The topological polar surface area (TPSA) is 14.1 Å². The Hall–Kier alpha value is -0.890. The summed E-state index contributed by atoms with van der Waals surface area (Å²) in [5.74, 6) is 0.447. The predicted molar refractivity (Wildman–Crippen MR) is 50.2 cm³/mol. The largest absolute Gasteiger partial charge is 0.242 e. The monoisotopic (exact) mass is 178 g/mol. The number of hydrogen-bond donors (Lipinski definition) is 0. The number of halogens is 1. The number of rotatable bonds is 1. The first-order valence-electron chi connectivity index (χ1n) is 4.75. The molecule has 1 radical (unpaired) electrons. The fourth-order valence-electron chi connectivity index (χ4n) is 1.82. The van der Waals surface area contributed by atoms with Crippen molar-refractivity contribution in [2.45, 2.75) is 18.8 Å². The Labute approximate surface area is 78.0 Å². The maximum atomic E-state index is 12.6. The summed E-state index contributed by atoms with van der Waals surface area (Å²) in [5, 5.41) is 4.30. The van der Waals surface area contributed by atoms with E-state index >= 15 is 0 Å². The van der Waals surface area contributed by atoms with E-state index < -0.39 is 0 Å². The molecule has 1 saturated heterocycles. The van der Waals surface area contributed by atoms with Crippen LogP contribution in [-0.4, -0.2) is 13.1 Å². The molecule has 1 aliphatic rings. The number of nitrogens with zero attached hydrogens (tertiary/aromatic N) is 1. The number of benzene rings is 1. The Morgan fingerprint density at radius 1 is 1.08 bits per heavy atom. The summed E-state index contributed by atoms with van der Waals surface area (Å²) >= 11 is 0. The van der Waals surface area contributed by atoms with Crippen LogP contribution in [0.15, 0.2) is 24.3 Å². The Bertz CT molecular complexity index is 262. The molecule has 1 fully saturated rings. The summed E-state index contributed by atoms with van der Waals surface area (Å²) in [4.78, 5) is 0. The predicted octanol–water partition coefficient (Wildman–Crippen LogP) is 2.31. The van der Waals surface area contributed by atoms with Crippen LogP contribution >= 0.6 is 0 Å². The van der Waals surface area contributed by atoms with Crippen LogP contribution in [0.5, 0.6) is 0 Å². The van der Waals surface area contributed by atoms with Crippen molar-refractivity contribution in [2.75, 3.05) is 13.1 Å². The quantitative estimate of drug-likeness (QED) is 0.626. The Morgan fingerprint density at radius 2 is 1.69 bits per heavy atom. The Balaban J connectivity index is 2.10. The van der Waals surface area contributed by atoms with Crippen LogP contribution in [0.2, 0.25) is 0 Å². The van der Waals surface area contributed by atoms with Gasteiger partial charge in [-0.15, -0.1) is 0 Å². The highest BCUT2D eigenvalue weighted by atomic mass is 19.1. The molecule has 0 aromatic heterocycles. The summed E-state index contributed by atoms with van der Waals surface area (Å²) in [7, 11) is 0. The summed E-state index contributed by atoms with van der Waals surface area (Å²) in [6.45, 7) is 1.92. The molecule has 2 heteroatoms. The number of piperidine rings is 1. The normalized spacial score (nSPS) is 18.8. The third-order valence-electron chi connectivity index (χ3n) is 2.61. The van der Waals surface area contributed by atoms with Crippen molar-refractivity contribution >= 4 is 0 Å². The molecule has 0 N–H and O–H groups in total. The van der Waals surface area contributed by atoms with Crippen LogP contribution in [0.3, 0.4) is 0 Å². The van der Waals surface area contributed by atoms with Crippen LogP contribution < -0.4 is 5.32 Å². The highest BCUT2D eigenvalue weighted by molar-refractivity contribution is 5.20. The van der Waals surface area contributed by atoms with Gasteiger partial charge in [0, 0.05) is 13.1 Å². The summed E-state index contributed by atoms with van der Waals surface area (Å²) < 4.78 is 12.6. The molecule has 0 atom stereocenters. The second-order valence-corrected chi connectivity index (χ2v) is 3.50. The van der Waals surface area contributed by atoms with Crippen LogP contribution in [0.25, 0.3) is 0 Å². The zero-order chi connectivity index (χ0) is 9.10. The van der Waals surface area contributed by atoms with Crippen molar-refractivity contribution < 1.29 is 4.39 Å². The maximum Gasteiger partial charge on any atom is 0.123 e. The van der Waals surface area contributed by atoms with Gasteiger partial charge >= 0.3 is 0 Å². The molecule has 0 unspecified atom stereocenters. The van der Waals surface area contributed by atoms with E-state index in [0.717, 1.165) is 25.9 Å². The van der Waals surface area contributed by atoms with Crippen molar-refractivity contribution in [1.29, 1.82) is 0 Å². The lowest BCUT2D eigenvalue weighted by atomic mass is 9.90. The molecule has 13 heavy (non-hydrogen) atoms. The second-order valence-electron chi connectivity index (χ2n) is 3.50. The van der Waals surface area contributed by atoms with Gasteiger partial charge in [0.15, 0.2) is 0 Å². The van der Waals surface area contributed by atoms with Crippen molar-refractivity contribution in [2.24, 2.45) is 0 Å². The molecule has 1 aromatic rings. The van der Waals surface area contributed by atoms with Gasteiger partial charge in [-0.05, 0) is 36.5 Å². The van der Waals surface area contributed by atoms with E-state index in [9.17, 15) is 4.39 Å². The first-order chi connectivity index (χ1) is 6.36. The van der Waals surface area contributed by atoms with Crippen LogP contribution in [0.1, 0.15) is 24.3 Å². The lowest BCUT2D eigenvalue weighted by Crippen LogP contribution is -2.20. The summed E-state index contributed by atoms with van der Waals surface area (Å²) in [6, 6.07) is 6.87. The minimum atomic E-state index is -0.149. The number of hydrogen-bond acceptors (Lipinski definition) is 0. The van der Waals surface area contributed by atoms with E-state index in [1.165, 1.54) is 5.56 Å². The minimum absolute atomic E-state index is 0.149. The molecule has 69 valence electrons. The molecule has 0 saturated carbocycles. The van der Waals surface area contributed by atoms with Crippen molar-refractivity contribution in [1.82, 2.24) is 5.32 Å². The molecule has 0 spiro atoms. The second kappa shape index (κ2) is 3.88. The molecular formula is C11H13FN. The van der Waals surface area contributed by atoms with Gasteiger partial charge in [0.25, 0.3) is 0 Å². The standard InChI is InChI=1S/C11H13FN/c12-11-3-1-9(2-4-11)10-5-7-13-8-6-10/h1-4,10H,5-8H2. The average molecular weight is 178 g/mol. The third kappa shape index (κ3) is 2.07. The first kappa shape index (κ1) is 8.70. The maximum absolute atomic E-state index is 12.6. The molecule has 1 aliphatic heterocycles. The third-order valence-corrected chi connectivity index (χ3v) is 2.61. The highest BCUT2D eigenvalue weighted by Crippen LogP contribution is 2.25. The zero-order valence-corrected chi connectivity index (χ0v) is 7.54. The van der Waals surface area contributed by atoms with E-state index in [2.05, 4.69) is 5.32 Å². The summed E-state index contributed by atoms with van der Waals surface area (Å²) in [6.07, 6.45) is 2.23. The minimum Gasteiger partial charge on any atom is -0.242 e. The van der Waals surface area contributed by atoms with E-state index in [-0.39, 0.29) is 5.82 Å². The molecule has 1 heterocycles. The Kier molecular flexibility index (Phi) is 2.60. The highest BCUT2D eigenvalue weighted by Gasteiger charge is 2.15. The smallest absolute Gasteiger partial charge is 0.123 e. The zero-order valence-electron chi connectivity index (χ0n) is 7.54. The fraction of sp³-hybridized carbons (Fsp3) is 0.455. The SMILES string of the molecule is Fc1ccc(C2CC[N]CC2)cc1. The van der Waals surface area contributed by atoms with Gasteiger partial charge in [-0.2, -0.15) is 0 Å². The van der Waals surface area contributed by atoms with E-state index in [4.69, 9.17) is 0 Å². The molecule has 2 rings (SSSR count). The Morgan fingerprint density at radius 3 is 2.31 bits per heavy atom. The molecule has 1 nitrogen and oxygen atoms in total. The lowest BCUT2D eigenvalue weighted by molar-refractivity contribution is 0.453.